The van der Waals surface area contributed by atoms with Crippen LogP contribution in [0.5, 0.6) is 0 Å². The van der Waals surface area contributed by atoms with E-state index in [0.717, 1.165) is 12.8 Å². The molecule has 0 amide bonds. The maximum atomic E-state index is 4.04. The summed E-state index contributed by atoms with van der Waals surface area (Å²) in [5.41, 5.74) is 4.36. The van der Waals surface area contributed by atoms with Gasteiger partial charge in [0.2, 0.25) is 0 Å². The third-order valence-electron chi connectivity index (χ3n) is 3.78. The fourth-order valence-electron chi connectivity index (χ4n) is 2.01. The van der Waals surface area contributed by atoms with E-state index in [1.807, 2.05) is 12.4 Å². The van der Waals surface area contributed by atoms with Gasteiger partial charge in [-0.15, -0.1) is 0 Å². The van der Waals surface area contributed by atoms with Crippen LogP contribution in [0.15, 0.2) is 48.8 Å². The second-order valence-corrected chi connectivity index (χ2v) is 5.47. The molecule has 0 radical (unpaired) electrons. The van der Waals surface area contributed by atoms with Crippen molar-refractivity contribution >= 4 is 0 Å². The van der Waals surface area contributed by atoms with Crippen molar-refractivity contribution in [3.05, 3.63) is 65.5 Å². The van der Waals surface area contributed by atoms with Crippen LogP contribution in [0.25, 0.3) is 0 Å². The Labute approximate surface area is 110 Å². The van der Waals surface area contributed by atoms with Gasteiger partial charge < -0.3 is 0 Å². The van der Waals surface area contributed by atoms with Crippen molar-refractivity contribution in [3.8, 4) is 0 Å². The average molecular weight is 239 g/mol. The molecule has 1 aromatic heterocycles. The van der Waals surface area contributed by atoms with Gasteiger partial charge in [-0.2, -0.15) is 0 Å². The fraction of sp³-hybridized carbons (Fsp3) is 0.353. The molecule has 2 aromatic rings. The molecule has 0 aliphatic heterocycles. The lowest BCUT2D eigenvalue weighted by atomic mass is 9.82. The molecule has 1 aromatic carbocycles. The molecule has 1 nitrogen and oxygen atoms in total. The summed E-state index contributed by atoms with van der Waals surface area (Å²) in [5.74, 6) is 0. The minimum Gasteiger partial charge on any atom is -0.265 e. The second-order valence-electron chi connectivity index (χ2n) is 5.47. The maximum Gasteiger partial charge on any atom is 0.0270 e. The van der Waals surface area contributed by atoms with Crippen molar-refractivity contribution in [2.75, 3.05) is 0 Å². The molecule has 0 aliphatic rings. The lowest BCUT2D eigenvalue weighted by molar-refractivity contribution is 0.506. The number of nitrogens with zero attached hydrogens (tertiary/aromatic N) is 1. The first-order valence-electron chi connectivity index (χ1n) is 6.60. The number of benzene rings is 1. The molecule has 0 N–H and O–H groups in total. The molecular formula is C17H21N. The number of pyridine rings is 1. The molecule has 94 valence electrons. The number of rotatable bonds is 4. The molecule has 0 atom stereocenters. The van der Waals surface area contributed by atoms with Crippen molar-refractivity contribution in [3.63, 3.8) is 0 Å². The van der Waals surface area contributed by atoms with Crippen LogP contribution in [0.2, 0.25) is 0 Å². The normalized spacial score (nSPS) is 11.5. The van der Waals surface area contributed by atoms with Gasteiger partial charge in [0.05, 0.1) is 0 Å². The van der Waals surface area contributed by atoms with Gasteiger partial charge >= 0.3 is 0 Å². The summed E-state index contributed by atoms with van der Waals surface area (Å²) in [6.07, 6.45) is 5.85. The topological polar surface area (TPSA) is 12.9 Å². The Morgan fingerprint density at radius 3 is 2.00 bits per heavy atom. The van der Waals surface area contributed by atoms with E-state index in [4.69, 9.17) is 0 Å². The standard InChI is InChI=1S/C17H21N/c1-4-17(2,3)16-7-5-14(6-8-16)13-15-9-11-18-12-10-15/h5-12H,4,13H2,1-3H3. The summed E-state index contributed by atoms with van der Waals surface area (Å²) in [5, 5.41) is 0. The van der Waals surface area contributed by atoms with Gasteiger partial charge in [-0.1, -0.05) is 45.0 Å². The Morgan fingerprint density at radius 1 is 0.889 bits per heavy atom. The van der Waals surface area contributed by atoms with Crippen molar-refractivity contribution in [1.29, 1.82) is 0 Å². The van der Waals surface area contributed by atoms with Gasteiger partial charge in [-0.05, 0) is 47.1 Å². The van der Waals surface area contributed by atoms with Crippen LogP contribution < -0.4 is 0 Å². The number of hydrogen-bond acceptors (Lipinski definition) is 1. The van der Waals surface area contributed by atoms with Gasteiger partial charge in [0, 0.05) is 12.4 Å². The molecule has 1 heteroatoms. The number of hydrogen-bond donors (Lipinski definition) is 0. The van der Waals surface area contributed by atoms with E-state index < -0.39 is 0 Å². The Bertz CT molecular complexity index is 483. The molecule has 0 saturated heterocycles. The zero-order valence-electron chi connectivity index (χ0n) is 11.5. The Morgan fingerprint density at radius 2 is 1.44 bits per heavy atom. The molecule has 0 bridgehead atoms. The predicted octanol–water partition coefficient (Wildman–Crippen LogP) is 4.36. The quantitative estimate of drug-likeness (QED) is 0.772. The van der Waals surface area contributed by atoms with Crippen LogP contribution in [-0.4, -0.2) is 4.98 Å². The summed E-state index contributed by atoms with van der Waals surface area (Å²) in [6.45, 7) is 6.83. The average Bonchev–Trinajstić information content (AvgIpc) is 2.40. The highest BCUT2D eigenvalue weighted by Crippen LogP contribution is 2.26. The van der Waals surface area contributed by atoms with Crippen LogP contribution in [-0.2, 0) is 11.8 Å². The minimum absolute atomic E-state index is 0.273. The third-order valence-corrected chi connectivity index (χ3v) is 3.78. The Balaban J connectivity index is 2.14. The van der Waals surface area contributed by atoms with Crippen LogP contribution in [0, 0.1) is 0 Å². The summed E-state index contributed by atoms with van der Waals surface area (Å²) in [6, 6.07) is 13.2. The minimum atomic E-state index is 0.273. The van der Waals surface area contributed by atoms with E-state index in [0.29, 0.717) is 0 Å². The molecule has 2 rings (SSSR count). The summed E-state index contributed by atoms with van der Waals surface area (Å²) in [4.78, 5) is 4.04. The molecule has 1 heterocycles. The van der Waals surface area contributed by atoms with Gasteiger partial charge in [0.25, 0.3) is 0 Å². The third kappa shape index (κ3) is 2.98. The molecular weight excluding hydrogens is 218 g/mol. The monoisotopic (exact) mass is 239 g/mol. The first-order valence-corrected chi connectivity index (χ1v) is 6.60. The smallest absolute Gasteiger partial charge is 0.0270 e. The van der Waals surface area contributed by atoms with Crippen molar-refractivity contribution in [2.45, 2.75) is 39.0 Å². The summed E-state index contributed by atoms with van der Waals surface area (Å²) >= 11 is 0. The van der Waals surface area contributed by atoms with E-state index in [-0.39, 0.29) is 5.41 Å². The lowest BCUT2D eigenvalue weighted by Gasteiger charge is -2.23. The van der Waals surface area contributed by atoms with Crippen LogP contribution in [0.1, 0.15) is 43.9 Å². The van der Waals surface area contributed by atoms with Crippen molar-refractivity contribution in [1.82, 2.24) is 4.98 Å². The SMILES string of the molecule is CCC(C)(C)c1ccc(Cc2ccncc2)cc1. The molecule has 0 aliphatic carbocycles. The molecule has 18 heavy (non-hydrogen) atoms. The highest BCUT2D eigenvalue weighted by Gasteiger charge is 2.17. The van der Waals surface area contributed by atoms with Crippen molar-refractivity contribution in [2.24, 2.45) is 0 Å². The van der Waals surface area contributed by atoms with E-state index >= 15 is 0 Å². The van der Waals surface area contributed by atoms with E-state index in [1.54, 1.807) is 0 Å². The summed E-state index contributed by atoms with van der Waals surface area (Å²) < 4.78 is 0. The maximum absolute atomic E-state index is 4.04. The van der Waals surface area contributed by atoms with Crippen LogP contribution >= 0.6 is 0 Å². The fourth-order valence-corrected chi connectivity index (χ4v) is 2.01. The molecule has 0 saturated carbocycles. The van der Waals surface area contributed by atoms with Gasteiger partial charge in [0.15, 0.2) is 0 Å². The van der Waals surface area contributed by atoms with E-state index in [9.17, 15) is 0 Å². The zero-order valence-corrected chi connectivity index (χ0v) is 11.5. The van der Waals surface area contributed by atoms with E-state index in [2.05, 4.69) is 62.2 Å². The largest absolute Gasteiger partial charge is 0.265 e. The van der Waals surface area contributed by atoms with E-state index in [1.165, 1.54) is 16.7 Å². The van der Waals surface area contributed by atoms with Crippen LogP contribution in [0.4, 0.5) is 0 Å². The highest BCUT2D eigenvalue weighted by molar-refractivity contribution is 5.31. The first-order chi connectivity index (χ1) is 8.62. The number of aromatic nitrogens is 1. The Kier molecular flexibility index (Phi) is 3.81. The van der Waals surface area contributed by atoms with Gasteiger partial charge in [-0.25, -0.2) is 0 Å². The molecule has 0 unspecified atom stereocenters. The highest BCUT2D eigenvalue weighted by atomic mass is 14.6. The zero-order chi connectivity index (χ0) is 13.0. The second kappa shape index (κ2) is 5.34. The van der Waals surface area contributed by atoms with Gasteiger partial charge in [-0.3, -0.25) is 4.98 Å². The van der Waals surface area contributed by atoms with Crippen molar-refractivity contribution < 1.29 is 0 Å². The van der Waals surface area contributed by atoms with Crippen LogP contribution in [0.3, 0.4) is 0 Å². The first kappa shape index (κ1) is 12.8. The lowest BCUT2D eigenvalue weighted by Crippen LogP contribution is -2.15. The van der Waals surface area contributed by atoms with Gasteiger partial charge in [0.1, 0.15) is 0 Å². The molecule has 0 fully saturated rings. The Hall–Kier alpha value is -1.63. The molecule has 0 spiro atoms. The predicted molar refractivity (Wildman–Crippen MR) is 76.8 cm³/mol. The summed E-state index contributed by atoms with van der Waals surface area (Å²) in [7, 11) is 0.